The van der Waals surface area contributed by atoms with Gasteiger partial charge < -0.3 is 14.8 Å². The Labute approximate surface area is 132 Å². The molecule has 0 bridgehead atoms. The molecule has 1 aromatic carbocycles. The van der Waals surface area contributed by atoms with E-state index < -0.39 is 11.7 Å². The zero-order chi connectivity index (χ0) is 16.0. The number of ether oxygens (including phenoxy) is 2. The average Bonchev–Trinajstić information content (AvgIpc) is 2.36. The fourth-order valence-corrected chi connectivity index (χ4v) is 2.10. The molecule has 1 saturated carbocycles. The molecule has 2 N–H and O–H groups in total. The molecule has 0 radical (unpaired) electrons. The van der Waals surface area contributed by atoms with Crippen LogP contribution >= 0.6 is 0 Å². The summed E-state index contributed by atoms with van der Waals surface area (Å²) in [6.45, 7) is 7.02. The molecule has 0 aliphatic heterocycles. The van der Waals surface area contributed by atoms with E-state index in [1.807, 2.05) is 32.9 Å². The highest BCUT2D eigenvalue weighted by Crippen LogP contribution is 2.18. The second-order valence-corrected chi connectivity index (χ2v) is 6.58. The van der Waals surface area contributed by atoms with Crippen LogP contribution in [-0.2, 0) is 4.74 Å². The van der Waals surface area contributed by atoms with Gasteiger partial charge >= 0.3 is 6.09 Å². The summed E-state index contributed by atoms with van der Waals surface area (Å²) in [6.07, 6.45) is 3.45. The quantitative estimate of drug-likeness (QED) is 0.789. The van der Waals surface area contributed by atoms with Gasteiger partial charge in [0.15, 0.2) is 0 Å². The van der Waals surface area contributed by atoms with Crippen molar-refractivity contribution in [2.75, 3.05) is 18.5 Å². The van der Waals surface area contributed by atoms with E-state index in [1.54, 1.807) is 12.1 Å². The van der Waals surface area contributed by atoms with Crippen LogP contribution < -0.4 is 15.4 Å². The number of carbonyl (C=O) groups excluding carboxylic acids is 1. The minimum Gasteiger partial charge on any atom is -0.492 e. The van der Waals surface area contributed by atoms with Gasteiger partial charge in [-0.3, -0.25) is 5.32 Å². The van der Waals surface area contributed by atoms with Crippen LogP contribution in [0.15, 0.2) is 24.3 Å². The predicted octanol–water partition coefficient (Wildman–Crippen LogP) is 3.55. The number of hydrogen-bond acceptors (Lipinski definition) is 4. The fraction of sp³-hybridized carbons (Fsp3) is 0.588. The van der Waals surface area contributed by atoms with Gasteiger partial charge in [0, 0.05) is 18.3 Å². The first kappa shape index (κ1) is 16.6. The van der Waals surface area contributed by atoms with E-state index in [2.05, 4.69) is 10.6 Å². The third-order valence-corrected chi connectivity index (χ3v) is 3.41. The fourth-order valence-electron chi connectivity index (χ4n) is 2.10. The van der Waals surface area contributed by atoms with Crippen molar-refractivity contribution in [3.8, 4) is 5.75 Å². The van der Waals surface area contributed by atoms with E-state index in [0.717, 1.165) is 12.3 Å². The van der Waals surface area contributed by atoms with Crippen molar-refractivity contribution in [2.24, 2.45) is 0 Å². The van der Waals surface area contributed by atoms with Crippen molar-refractivity contribution >= 4 is 11.8 Å². The smallest absolute Gasteiger partial charge is 0.412 e. The minimum absolute atomic E-state index is 0.453. The summed E-state index contributed by atoms with van der Waals surface area (Å²) in [5.41, 5.74) is 0.190. The molecule has 0 heterocycles. The summed E-state index contributed by atoms with van der Waals surface area (Å²) < 4.78 is 10.9. The zero-order valence-electron chi connectivity index (χ0n) is 13.6. The molecular weight excluding hydrogens is 280 g/mol. The molecule has 1 aliphatic rings. The van der Waals surface area contributed by atoms with Crippen LogP contribution in [0.1, 0.15) is 40.0 Å². The molecule has 5 nitrogen and oxygen atoms in total. The average molecular weight is 306 g/mol. The standard InChI is InChI=1S/C17H26N2O3/c1-17(2,3)22-16(20)19-14-7-9-15(10-8-14)21-12-11-18-13-5-4-6-13/h7-10,13,18H,4-6,11-12H2,1-3H3,(H,19,20). The maximum atomic E-state index is 11.6. The minimum atomic E-state index is -0.499. The van der Waals surface area contributed by atoms with E-state index >= 15 is 0 Å². The third-order valence-electron chi connectivity index (χ3n) is 3.41. The van der Waals surface area contributed by atoms with Gasteiger partial charge in [-0.2, -0.15) is 0 Å². The van der Waals surface area contributed by atoms with Crippen molar-refractivity contribution in [3.63, 3.8) is 0 Å². The molecule has 1 aromatic rings. The van der Waals surface area contributed by atoms with Crippen LogP contribution in [-0.4, -0.2) is 30.9 Å². The molecule has 0 aromatic heterocycles. The number of benzene rings is 1. The SMILES string of the molecule is CC(C)(C)OC(=O)Nc1ccc(OCCNC2CCC2)cc1. The van der Waals surface area contributed by atoms with Gasteiger partial charge in [0.1, 0.15) is 18.0 Å². The lowest BCUT2D eigenvalue weighted by atomic mass is 9.93. The molecule has 22 heavy (non-hydrogen) atoms. The van der Waals surface area contributed by atoms with Gasteiger partial charge in [0.05, 0.1) is 0 Å². The highest BCUT2D eigenvalue weighted by Gasteiger charge is 2.16. The van der Waals surface area contributed by atoms with Crippen molar-refractivity contribution in [3.05, 3.63) is 24.3 Å². The Morgan fingerprint density at radius 2 is 1.91 bits per heavy atom. The van der Waals surface area contributed by atoms with Crippen molar-refractivity contribution < 1.29 is 14.3 Å². The first-order valence-electron chi connectivity index (χ1n) is 7.89. The topological polar surface area (TPSA) is 59.6 Å². The second kappa shape index (κ2) is 7.49. The highest BCUT2D eigenvalue weighted by molar-refractivity contribution is 5.84. The lowest BCUT2D eigenvalue weighted by molar-refractivity contribution is 0.0636. The molecule has 0 unspecified atom stereocenters. The van der Waals surface area contributed by atoms with Crippen molar-refractivity contribution in [2.45, 2.75) is 51.7 Å². The summed E-state index contributed by atoms with van der Waals surface area (Å²) in [6, 6.07) is 7.98. The van der Waals surface area contributed by atoms with E-state index in [9.17, 15) is 4.79 Å². The highest BCUT2D eigenvalue weighted by atomic mass is 16.6. The molecule has 0 saturated heterocycles. The summed E-state index contributed by atoms with van der Waals surface area (Å²) in [4.78, 5) is 11.6. The molecule has 0 spiro atoms. The molecule has 2 rings (SSSR count). The summed E-state index contributed by atoms with van der Waals surface area (Å²) in [7, 11) is 0. The molecule has 122 valence electrons. The number of carbonyl (C=O) groups is 1. The number of rotatable bonds is 6. The van der Waals surface area contributed by atoms with E-state index in [1.165, 1.54) is 19.3 Å². The van der Waals surface area contributed by atoms with Gasteiger partial charge in [0.2, 0.25) is 0 Å². The Kier molecular flexibility index (Phi) is 5.66. The van der Waals surface area contributed by atoms with Crippen LogP contribution in [0.25, 0.3) is 0 Å². The first-order chi connectivity index (χ1) is 10.4. The van der Waals surface area contributed by atoms with Crippen LogP contribution in [0.3, 0.4) is 0 Å². The van der Waals surface area contributed by atoms with Gasteiger partial charge in [-0.15, -0.1) is 0 Å². The van der Waals surface area contributed by atoms with Gasteiger partial charge in [0.25, 0.3) is 0 Å². The molecule has 1 aliphatic carbocycles. The third kappa shape index (κ3) is 5.93. The van der Waals surface area contributed by atoms with Crippen LogP contribution in [0.2, 0.25) is 0 Å². The maximum absolute atomic E-state index is 11.6. The second-order valence-electron chi connectivity index (χ2n) is 6.58. The Morgan fingerprint density at radius 1 is 1.23 bits per heavy atom. The zero-order valence-corrected chi connectivity index (χ0v) is 13.6. The van der Waals surface area contributed by atoms with E-state index in [-0.39, 0.29) is 0 Å². The maximum Gasteiger partial charge on any atom is 0.412 e. The van der Waals surface area contributed by atoms with Gasteiger partial charge in [-0.1, -0.05) is 6.42 Å². The summed E-state index contributed by atoms with van der Waals surface area (Å²) in [5, 5.41) is 6.14. The molecule has 0 atom stereocenters. The van der Waals surface area contributed by atoms with Gasteiger partial charge in [-0.25, -0.2) is 4.79 Å². The van der Waals surface area contributed by atoms with Crippen LogP contribution in [0.4, 0.5) is 10.5 Å². The summed E-state index contributed by atoms with van der Waals surface area (Å²) >= 11 is 0. The Bertz CT molecular complexity index is 476. The number of nitrogens with one attached hydrogen (secondary N) is 2. The number of hydrogen-bond donors (Lipinski definition) is 2. The predicted molar refractivity (Wildman–Crippen MR) is 87.4 cm³/mol. The van der Waals surface area contributed by atoms with E-state index in [4.69, 9.17) is 9.47 Å². The Morgan fingerprint density at radius 3 is 2.45 bits per heavy atom. The normalized spacial score (nSPS) is 15.0. The molecular formula is C17H26N2O3. The van der Waals surface area contributed by atoms with Gasteiger partial charge in [-0.05, 0) is 57.9 Å². The van der Waals surface area contributed by atoms with Crippen LogP contribution in [0, 0.1) is 0 Å². The van der Waals surface area contributed by atoms with E-state index in [0.29, 0.717) is 18.3 Å². The molecule has 1 fully saturated rings. The van der Waals surface area contributed by atoms with Crippen molar-refractivity contribution in [1.82, 2.24) is 5.32 Å². The summed E-state index contributed by atoms with van der Waals surface area (Å²) in [5.74, 6) is 0.796. The largest absolute Gasteiger partial charge is 0.492 e. The lowest BCUT2D eigenvalue weighted by Crippen LogP contribution is -2.37. The molecule has 5 heteroatoms. The van der Waals surface area contributed by atoms with Crippen LogP contribution in [0.5, 0.6) is 5.75 Å². The Hall–Kier alpha value is -1.75. The van der Waals surface area contributed by atoms with Crippen molar-refractivity contribution in [1.29, 1.82) is 0 Å². The number of anilines is 1. The first-order valence-corrected chi connectivity index (χ1v) is 7.89. The lowest BCUT2D eigenvalue weighted by Gasteiger charge is -2.26. The monoisotopic (exact) mass is 306 g/mol. The molecule has 1 amide bonds. The Balaban J connectivity index is 1.69. The number of amides is 1.